The highest BCUT2D eigenvalue weighted by atomic mass is 32.2. The smallest absolute Gasteiger partial charge is 0.322 e. The van der Waals surface area contributed by atoms with Crippen molar-refractivity contribution in [1.82, 2.24) is 8.61 Å². The molecule has 110 valence electrons. The highest BCUT2D eigenvalue weighted by molar-refractivity contribution is 7.86. The summed E-state index contributed by atoms with van der Waals surface area (Å²) in [5, 5.41) is 9.19. The minimum Gasteiger partial charge on any atom is -0.480 e. The number of carboxylic acids is 1. The van der Waals surface area contributed by atoms with Gasteiger partial charge in [-0.2, -0.15) is 17.0 Å². The molecule has 0 aromatic rings. The summed E-state index contributed by atoms with van der Waals surface area (Å²) in [6.45, 7) is 3.05. The first-order valence-electron chi connectivity index (χ1n) is 6.53. The monoisotopic (exact) mass is 292 g/mol. The highest BCUT2D eigenvalue weighted by Gasteiger charge is 2.42. The summed E-state index contributed by atoms with van der Waals surface area (Å²) in [4.78, 5) is 11.2. The third-order valence-corrected chi connectivity index (χ3v) is 5.80. The van der Waals surface area contributed by atoms with Gasteiger partial charge in [0.25, 0.3) is 10.2 Å². The molecule has 8 heteroatoms. The summed E-state index contributed by atoms with van der Waals surface area (Å²) in [6.07, 6.45) is 1.84. The molecule has 0 aliphatic carbocycles. The Labute approximate surface area is 113 Å². The molecule has 0 bridgehead atoms. The molecule has 0 aromatic carbocycles. The number of carboxylic acid groups (broad SMARTS) is 1. The average molecular weight is 292 g/mol. The van der Waals surface area contributed by atoms with Crippen LogP contribution in [0.3, 0.4) is 0 Å². The topological polar surface area (TPSA) is 87.2 Å². The Morgan fingerprint density at radius 3 is 2.63 bits per heavy atom. The fourth-order valence-corrected chi connectivity index (χ4v) is 4.58. The molecule has 2 aliphatic rings. The summed E-state index contributed by atoms with van der Waals surface area (Å²) < 4.78 is 32.9. The maximum Gasteiger partial charge on any atom is 0.322 e. The van der Waals surface area contributed by atoms with Crippen LogP contribution in [-0.2, 0) is 19.7 Å². The van der Waals surface area contributed by atoms with E-state index in [-0.39, 0.29) is 19.1 Å². The standard InChI is InChI=1S/C11H20N2O5S/c1-9-8-18-7-6-12(9)19(16,17)13-5-3-2-4-10(13)11(14)15/h9-10H,2-8H2,1H3,(H,14,15)/t9-,10-/m1/s1. The first-order valence-corrected chi connectivity index (χ1v) is 7.93. The zero-order valence-electron chi connectivity index (χ0n) is 11.0. The van der Waals surface area contributed by atoms with E-state index in [1.807, 2.05) is 0 Å². The summed E-state index contributed by atoms with van der Waals surface area (Å²) in [6, 6.07) is -1.19. The molecule has 1 N–H and O–H groups in total. The Morgan fingerprint density at radius 2 is 2.00 bits per heavy atom. The predicted molar refractivity (Wildman–Crippen MR) is 67.9 cm³/mol. The molecule has 0 saturated carbocycles. The molecule has 2 heterocycles. The minimum absolute atomic E-state index is 0.255. The van der Waals surface area contributed by atoms with Crippen LogP contribution in [0, 0.1) is 0 Å². The molecule has 0 amide bonds. The Morgan fingerprint density at radius 1 is 1.26 bits per heavy atom. The van der Waals surface area contributed by atoms with Crippen molar-refractivity contribution in [3.05, 3.63) is 0 Å². The number of hydrogen-bond acceptors (Lipinski definition) is 4. The molecule has 2 fully saturated rings. The van der Waals surface area contributed by atoms with E-state index in [4.69, 9.17) is 4.74 Å². The van der Waals surface area contributed by atoms with Crippen molar-refractivity contribution in [2.75, 3.05) is 26.3 Å². The van der Waals surface area contributed by atoms with E-state index in [1.54, 1.807) is 6.92 Å². The lowest BCUT2D eigenvalue weighted by Crippen LogP contribution is -2.57. The summed E-state index contributed by atoms with van der Waals surface area (Å²) >= 11 is 0. The van der Waals surface area contributed by atoms with Crippen LogP contribution in [0.15, 0.2) is 0 Å². The van der Waals surface area contributed by atoms with Crippen LogP contribution in [0.2, 0.25) is 0 Å². The van der Waals surface area contributed by atoms with Gasteiger partial charge in [0.15, 0.2) is 0 Å². The number of aliphatic carboxylic acids is 1. The quantitative estimate of drug-likeness (QED) is 0.784. The van der Waals surface area contributed by atoms with Crippen molar-refractivity contribution >= 4 is 16.2 Å². The summed E-state index contributed by atoms with van der Waals surface area (Å²) in [5.41, 5.74) is 0. The fraction of sp³-hybridized carbons (Fsp3) is 0.909. The molecule has 0 radical (unpaired) electrons. The lowest BCUT2D eigenvalue weighted by atomic mass is 10.1. The SMILES string of the molecule is C[C@@H]1COCCN1S(=O)(=O)N1CCCC[C@@H]1C(=O)O. The van der Waals surface area contributed by atoms with Crippen LogP contribution in [0.5, 0.6) is 0 Å². The van der Waals surface area contributed by atoms with Gasteiger partial charge in [-0.25, -0.2) is 0 Å². The van der Waals surface area contributed by atoms with Gasteiger partial charge in [-0.3, -0.25) is 4.79 Å². The van der Waals surface area contributed by atoms with Crippen molar-refractivity contribution in [2.45, 2.75) is 38.3 Å². The van der Waals surface area contributed by atoms with Crippen molar-refractivity contribution in [2.24, 2.45) is 0 Å². The molecule has 2 saturated heterocycles. The minimum atomic E-state index is -3.72. The normalized spacial score (nSPS) is 31.2. The van der Waals surface area contributed by atoms with Crippen LogP contribution in [-0.4, -0.2) is 66.5 Å². The van der Waals surface area contributed by atoms with Crippen LogP contribution < -0.4 is 0 Å². The van der Waals surface area contributed by atoms with E-state index in [0.717, 1.165) is 10.7 Å². The summed E-state index contributed by atoms with van der Waals surface area (Å²) in [5.74, 6) is -1.07. The van der Waals surface area contributed by atoms with Gasteiger partial charge in [0.2, 0.25) is 0 Å². The molecule has 19 heavy (non-hydrogen) atoms. The predicted octanol–water partition coefficient (Wildman–Crippen LogP) is -0.109. The Kier molecular flexibility index (Phi) is 4.44. The van der Waals surface area contributed by atoms with Gasteiger partial charge in [-0.05, 0) is 26.2 Å². The van der Waals surface area contributed by atoms with Gasteiger partial charge >= 0.3 is 5.97 Å². The Balaban J connectivity index is 2.23. The lowest BCUT2D eigenvalue weighted by Gasteiger charge is -2.39. The Bertz CT molecular complexity index is 438. The zero-order chi connectivity index (χ0) is 14.0. The first kappa shape index (κ1) is 14.7. The largest absolute Gasteiger partial charge is 0.480 e. The molecule has 0 spiro atoms. The third-order valence-electron chi connectivity index (χ3n) is 3.64. The van der Waals surface area contributed by atoms with Gasteiger partial charge in [-0.15, -0.1) is 0 Å². The molecule has 2 atom stereocenters. The Hall–Kier alpha value is -0.700. The molecular weight excluding hydrogens is 272 g/mol. The number of piperidine rings is 1. The maximum atomic E-state index is 12.6. The maximum absolute atomic E-state index is 12.6. The number of carbonyl (C=O) groups is 1. The van der Waals surface area contributed by atoms with Crippen molar-refractivity contribution in [1.29, 1.82) is 0 Å². The number of ether oxygens (including phenoxy) is 1. The van der Waals surface area contributed by atoms with Gasteiger partial charge < -0.3 is 9.84 Å². The molecule has 0 aromatic heterocycles. The van der Waals surface area contributed by atoms with E-state index in [9.17, 15) is 18.3 Å². The number of morpholine rings is 1. The lowest BCUT2D eigenvalue weighted by molar-refractivity contribution is -0.142. The first-order chi connectivity index (χ1) is 8.94. The van der Waals surface area contributed by atoms with Crippen LogP contribution in [0.1, 0.15) is 26.2 Å². The van der Waals surface area contributed by atoms with E-state index < -0.39 is 22.2 Å². The third kappa shape index (κ3) is 2.91. The number of rotatable bonds is 3. The second kappa shape index (κ2) is 5.74. The second-order valence-corrected chi connectivity index (χ2v) is 6.84. The number of nitrogens with zero attached hydrogens (tertiary/aromatic N) is 2. The van der Waals surface area contributed by atoms with Gasteiger partial charge in [-0.1, -0.05) is 0 Å². The molecule has 7 nitrogen and oxygen atoms in total. The van der Waals surface area contributed by atoms with E-state index in [2.05, 4.69) is 0 Å². The number of hydrogen-bond donors (Lipinski definition) is 1. The molecule has 2 rings (SSSR count). The van der Waals surface area contributed by atoms with Gasteiger partial charge in [0, 0.05) is 19.1 Å². The van der Waals surface area contributed by atoms with Crippen LogP contribution in [0.4, 0.5) is 0 Å². The fourth-order valence-electron chi connectivity index (χ4n) is 2.62. The average Bonchev–Trinajstić information content (AvgIpc) is 2.39. The van der Waals surface area contributed by atoms with Crippen molar-refractivity contribution in [3.63, 3.8) is 0 Å². The molecule has 0 unspecified atom stereocenters. The van der Waals surface area contributed by atoms with E-state index in [1.165, 1.54) is 4.31 Å². The van der Waals surface area contributed by atoms with Gasteiger partial charge in [0.1, 0.15) is 6.04 Å². The molecule has 2 aliphatic heterocycles. The van der Waals surface area contributed by atoms with Crippen LogP contribution in [0.25, 0.3) is 0 Å². The van der Waals surface area contributed by atoms with Crippen molar-refractivity contribution in [3.8, 4) is 0 Å². The van der Waals surface area contributed by atoms with Crippen molar-refractivity contribution < 1.29 is 23.1 Å². The van der Waals surface area contributed by atoms with Gasteiger partial charge in [0.05, 0.1) is 13.2 Å². The van der Waals surface area contributed by atoms with E-state index >= 15 is 0 Å². The van der Waals surface area contributed by atoms with Crippen LogP contribution >= 0.6 is 0 Å². The zero-order valence-corrected chi connectivity index (χ0v) is 11.8. The summed E-state index contributed by atoms with van der Waals surface area (Å²) in [7, 11) is -3.72. The van der Waals surface area contributed by atoms with E-state index in [0.29, 0.717) is 26.1 Å². The molecular formula is C11H20N2O5S. The second-order valence-electron chi connectivity index (χ2n) is 5.00. The highest BCUT2D eigenvalue weighted by Crippen LogP contribution is 2.25.